The van der Waals surface area contributed by atoms with Crippen LogP contribution in [-0.4, -0.2) is 54.3 Å². The first kappa shape index (κ1) is 21.1. The van der Waals surface area contributed by atoms with Crippen LogP contribution in [0.4, 0.5) is 5.69 Å². The van der Waals surface area contributed by atoms with Crippen molar-refractivity contribution in [2.75, 3.05) is 37.6 Å². The number of likely N-dealkylation sites (N-methyl/N-ethyl adjacent to an activating group) is 1. The zero-order valence-corrected chi connectivity index (χ0v) is 17.5. The van der Waals surface area contributed by atoms with E-state index in [1.807, 2.05) is 47.4 Å². The van der Waals surface area contributed by atoms with Crippen molar-refractivity contribution in [2.24, 2.45) is 0 Å². The van der Waals surface area contributed by atoms with Gasteiger partial charge in [-0.1, -0.05) is 44.2 Å². The Morgan fingerprint density at radius 1 is 0.966 bits per heavy atom. The van der Waals surface area contributed by atoms with E-state index in [9.17, 15) is 9.59 Å². The highest BCUT2D eigenvalue weighted by Crippen LogP contribution is 2.22. The van der Waals surface area contributed by atoms with Gasteiger partial charge >= 0.3 is 0 Å². The second-order valence-electron chi connectivity index (χ2n) is 7.43. The first-order valence-electron chi connectivity index (χ1n) is 10.6. The van der Waals surface area contributed by atoms with Crippen LogP contribution in [0.1, 0.15) is 42.6 Å². The van der Waals surface area contributed by atoms with Gasteiger partial charge in [0.15, 0.2) is 0 Å². The van der Waals surface area contributed by atoms with E-state index >= 15 is 0 Å². The maximum atomic E-state index is 13.3. The number of amides is 2. The monoisotopic (exact) mass is 393 g/mol. The lowest BCUT2D eigenvalue weighted by atomic mass is 10.1. The van der Waals surface area contributed by atoms with E-state index in [0.717, 1.165) is 43.9 Å². The number of carbonyl (C=O) groups excluding carboxylic acids is 2. The van der Waals surface area contributed by atoms with Crippen LogP contribution in [0.15, 0.2) is 54.6 Å². The molecule has 1 heterocycles. The Kier molecular flexibility index (Phi) is 7.42. The Balaban J connectivity index is 1.74. The summed E-state index contributed by atoms with van der Waals surface area (Å²) in [7, 11) is 0. The Hall–Kier alpha value is -2.66. The van der Waals surface area contributed by atoms with Gasteiger partial charge in [-0.2, -0.15) is 0 Å². The highest BCUT2D eigenvalue weighted by atomic mass is 16.2. The third-order valence-corrected chi connectivity index (χ3v) is 5.58. The molecule has 154 valence electrons. The molecule has 0 saturated carbocycles. The van der Waals surface area contributed by atoms with E-state index in [0.29, 0.717) is 25.1 Å². The van der Waals surface area contributed by atoms with Crippen LogP contribution < -0.4 is 4.90 Å². The quantitative estimate of drug-likeness (QED) is 0.651. The molecule has 2 aromatic rings. The molecule has 2 aromatic carbocycles. The molecule has 2 amide bonds. The van der Waals surface area contributed by atoms with Crippen molar-refractivity contribution in [1.82, 2.24) is 9.80 Å². The van der Waals surface area contributed by atoms with E-state index in [-0.39, 0.29) is 11.8 Å². The number of hydrogen-bond donors (Lipinski definition) is 0. The Morgan fingerprint density at radius 3 is 2.24 bits per heavy atom. The van der Waals surface area contributed by atoms with Crippen molar-refractivity contribution in [3.8, 4) is 0 Å². The summed E-state index contributed by atoms with van der Waals surface area (Å²) in [6.07, 6.45) is 1.51. The maximum absolute atomic E-state index is 13.3. The molecule has 0 aliphatic carbocycles. The number of anilines is 1. The topological polar surface area (TPSA) is 43.9 Å². The average molecular weight is 394 g/mol. The minimum atomic E-state index is 0.0281. The van der Waals surface area contributed by atoms with Gasteiger partial charge in [-0.3, -0.25) is 9.59 Å². The van der Waals surface area contributed by atoms with Gasteiger partial charge in [-0.15, -0.1) is 0 Å². The number of hydrogen-bond acceptors (Lipinski definition) is 3. The minimum Gasteiger partial charge on any atom is -0.333 e. The van der Waals surface area contributed by atoms with Crippen LogP contribution in [0.2, 0.25) is 0 Å². The standard InChI is InChI=1S/C24H31N3O2/c1-3-25(4-2)17-18-26(19-20-9-6-5-7-10-20)24(29)21-12-14-22(15-13-21)27-16-8-11-23(27)28/h5-7,9-10,12-15H,3-4,8,11,16-19H2,1-2H3. The zero-order valence-electron chi connectivity index (χ0n) is 17.5. The van der Waals surface area contributed by atoms with Crippen molar-refractivity contribution in [3.63, 3.8) is 0 Å². The van der Waals surface area contributed by atoms with Gasteiger partial charge in [0.05, 0.1) is 0 Å². The van der Waals surface area contributed by atoms with Gasteiger partial charge in [0, 0.05) is 43.9 Å². The van der Waals surface area contributed by atoms with Gasteiger partial charge < -0.3 is 14.7 Å². The third-order valence-electron chi connectivity index (χ3n) is 5.58. The molecule has 5 heteroatoms. The third kappa shape index (κ3) is 5.45. The maximum Gasteiger partial charge on any atom is 0.254 e. The summed E-state index contributed by atoms with van der Waals surface area (Å²) in [5, 5.41) is 0. The second kappa shape index (κ2) is 10.2. The molecule has 0 spiro atoms. The molecule has 0 unspecified atom stereocenters. The van der Waals surface area contributed by atoms with E-state index < -0.39 is 0 Å². The van der Waals surface area contributed by atoms with Crippen molar-refractivity contribution in [1.29, 1.82) is 0 Å². The van der Waals surface area contributed by atoms with E-state index in [2.05, 4.69) is 30.9 Å². The van der Waals surface area contributed by atoms with Gasteiger partial charge in [0.1, 0.15) is 0 Å². The summed E-state index contributed by atoms with van der Waals surface area (Å²) >= 11 is 0. The van der Waals surface area contributed by atoms with Crippen molar-refractivity contribution in [3.05, 3.63) is 65.7 Å². The molecule has 29 heavy (non-hydrogen) atoms. The van der Waals surface area contributed by atoms with Crippen LogP contribution >= 0.6 is 0 Å². The Bertz CT molecular complexity index is 801. The predicted molar refractivity (Wildman–Crippen MR) is 117 cm³/mol. The van der Waals surface area contributed by atoms with E-state index in [1.165, 1.54) is 0 Å². The molecule has 0 bridgehead atoms. The minimum absolute atomic E-state index is 0.0281. The highest BCUT2D eigenvalue weighted by Gasteiger charge is 2.22. The zero-order chi connectivity index (χ0) is 20.6. The van der Waals surface area contributed by atoms with E-state index in [4.69, 9.17) is 0 Å². The normalized spacial score (nSPS) is 13.9. The SMILES string of the molecule is CCN(CC)CCN(Cc1ccccc1)C(=O)c1ccc(N2CCCC2=O)cc1. The molecule has 0 radical (unpaired) electrons. The lowest BCUT2D eigenvalue weighted by Crippen LogP contribution is -2.38. The molecule has 1 fully saturated rings. The molecule has 1 aliphatic rings. The summed E-state index contributed by atoms with van der Waals surface area (Å²) in [6, 6.07) is 17.6. The largest absolute Gasteiger partial charge is 0.333 e. The fraction of sp³-hybridized carbons (Fsp3) is 0.417. The van der Waals surface area contributed by atoms with Gasteiger partial charge in [0.25, 0.3) is 5.91 Å². The lowest BCUT2D eigenvalue weighted by Gasteiger charge is -2.27. The number of benzene rings is 2. The summed E-state index contributed by atoms with van der Waals surface area (Å²) in [5.74, 6) is 0.189. The fourth-order valence-electron chi connectivity index (χ4n) is 3.75. The first-order valence-corrected chi connectivity index (χ1v) is 10.6. The fourth-order valence-corrected chi connectivity index (χ4v) is 3.75. The molecule has 5 nitrogen and oxygen atoms in total. The second-order valence-corrected chi connectivity index (χ2v) is 7.43. The molecule has 0 N–H and O–H groups in total. The summed E-state index contributed by atoms with van der Waals surface area (Å²) in [6.45, 7) is 9.12. The molecule has 0 aromatic heterocycles. The van der Waals surface area contributed by atoms with Gasteiger partial charge in [-0.05, 0) is 49.3 Å². The average Bonchev–Trinajstić information content (AvgIpc) is 3.20. The molecule has 0 atom stereocenters. The van der Waals surface area contributed by atoms with Crippen LogP contribution in [0.3, 0.4) is 0 Å². The smallest absolute Gasteiger partial charge is 0.254 e. The lowest BCUT2D eigenvalue weighted by molar-refractivity contribution is -0.117. The van der Waals surface area contributed by atoms with Crippen LogP contribution in [0.25, 0.3) is 0 Å². The molecule has 1 saturated heterocycles. The molecular weight excluding hydrogens is 362 g/mol. The molecule has 3 rings (SSSR count). The predicted octanol–water partition coefficient (Wildman–Crippen LogP) is 3.80. The molecule has 1 aliphatic heterocycles. The van der Waals surface area contributed by atoms with Crippen molar-refractivity contribution < 1.29 is 9.59 Å². The van der Waals surface area contributed by atoms with Crippen molar-refractivity contribution in [2.45, 2.75) is 33.2 Å². The number of nitrogens with zero attached hydrogens (tertiary/aromatic N) is 3. The van der Waals surface area contributed by atoms with Crippen molar-refractivity contribution >= 4 is 17.5 Å². The number of carbonyl (C=O) groups is 2. The van der Waals surface area contributed by atoms with E-state index in [1.54, 1.807) is 4.90 Å². The van der Waals surface area contributed by atoms with Crippen LogP contribution in [0.5, 0.6) is 0 Å². The van der Waals surface area contributed by atoms with Crippen LogP contribution in [0, 0.1) is 0 Å². The molecular formula is C24H31N3O2. The summed E-state index contributed by atoms with van der Waals surface area (Å²) < 4.78 is 0. The van der Waals surface area contributed by atoms with Crippen LogP contribution in [-0.2, 0) is 11.3 Å². The summed E-state index contributed by atoms with van der Waals surface area (Å²) in [5.41, 5.74) is 2.66. The Morgan fingerprint density at radius 2 is 1.66 bits per heavy atom. The van der Waals surface area contributed by atoms with Gasteiger partial charge in [-0.25, -0.2) is 0 Å². The van der Waals surface area contributed by atoms with Gasteiger partial charge in [0.2, 0.25) is 5.91 Å². The first-order chi connectivity index (χ1) is 14.1. The Labute approximate surface area is 173 Å². The number of rotatable bonds is 9. The highest BCUT2D eigenvalue weighted by molar-refractivity contribution is 5.97. The summed E-state index contributed by atoms with van der Waals surface area (Å²) in [4.78, 5) is 31.3.